The molecule has 2 saturated heterocycles. The van der Waals surface area contributed by atoms with Gasteiger partial charge in [0.15, 0.2) is 0 Å². The van der Waals surface area contributed by atoms with Gasteiger partial charge < -0.3 is 15.3 Å². The lowest BCUT2D eigenvalue weighted by molar-refractivity contribution is 0.0886. The summed E-state index contributed by atoms with van der Waals surface area (Å²) < 4.78 is 0. The Morgan fingerprint density at radius 2 is 1.91 bits per heavy atom. The molecule has 0 bridgehead atoms. The van der Waals surface area contributed by atoms with Crippen molar-refractivity contribution in [3.05, 3.63) is 28.8 Å². The molecule has 3 rings (SSSR count). The summed E-state index contributed by atoms with van der Waals surface area (Å²) in [5, 5.41) is 12.7. The minimum atomic E-state index is -0.112. The molecule has 2 aliphatic rings. The molecule has 1 amide bonds. The average Bonchev–Trinajstić information content (AvgIpc) is 2.59. The number of amides is 1. The van der Waals surface area contributed by atoms with E-state index in [-0.39, 0.29) is 22.7 Å². The van der Waals surface area contributed by atoms with Crippen LogP contribution in [0.25, 0.3) is 0 Å². The Bertz CT molecular complexity index is 556. The number of nitrogens with one attached hydrogen (secondary N) is 1. The summed E-state index contributed by atoms with van der Waals surface area (Å²) in [6.07, 6.45) is 4.60. The first-order chi connectivity index (χ1) is 11.1. The third-order valence-corrected chi connectivity index (χ3v) is 6.13. The summed E-state index contributed by atoms with van der Waals surface area (Å²) in [4.78, 5) is 14.9. The van der Waals surface area contributed by atoms with Crippen LogP contribution in [-0.4, -0.2) is 52.6 Å². The number of thioether (sulfide) groups is 1. The number of hydrogen-bond donors (Lipinski definition) is 2. The predicted molar refractivity (Wildman–Crippen MR) is 95.5 cm³/mol. The second kappa shape index (κ2) is 7.77. The maximum atomic E-state index is 12.3. The van der Waals surface area contributed by atoms with Crippen molar-refractivity contribution in [1.82, 2.24) is 10.2 Å². The molecular weight excluding hydrogens is 332 g/mol. The summed E-state index contributed by atoms with van der Waals surface area (Å²) in [5.41, 5.74) is 0.500. The second-order valence-corrected chi connectivity index (χ2v) is 7.93. The van der Waals surface area contributed by atoms with Gasteiger partial charge in [-0.25, -0.2) is 0 Å². The second-order valence-electron chi connectivity index (χ2n) is 6.29. The molecule has 2 heterocycles. The normalized spacial score (nSPS) is 21.3. The van der Waals surface area contributed by atoms with E-state index in [4.69, 9.17) is 11.6 Å². The molecule has 0 unspecified atom stereocenters. The number of phenolic OH excluding ortho intramolecular Hbond substituents is 1. The van der Waals surface area contributed by atoms with Crippen LogP contribution in [0.3, 0.4) is 0 Å². The number of halogens is 1. The van der Waals surface area contributed by atoms with Crippen LogP contribution >= 0.6 is 23.4 Å². The molecule has 0 aromatic heterocycles. The molecule has 1 aromatic carbocycles. The largest absolute Gasteiger partial charge is 0.506 e. The molecule has 0 aliphatic carbocycles. The van der Waals surface area contributed by atoms with E-state index in [1.165, 1.54) is 36.5 Å². The Labute approximate surface area is 146 Å². The van der Waals surface area contributed by atoms with Crippen LogP contribution in [0.2, 0.25) is 5.02 Å². The number of nitrogens with zero attached hydrogens (tertiary/aromatic N) is 1. The standard InChI is InChI=1S/C17H23ClN2O2S/c18-15-11-12(1-2-16(15)21)17(22)19-13-3-7-20(8-4-13)14-5-9-23-10-6-14/h1-2,11,13-14,21H,3-10H2,(H,19,22). The van der Waals surface area contributed by atoms with Gasteiger partial charge in [0.1, 0.15) is 5.75 Å². The van der Waals surface area contributed by atoms with Crippen molar-refractivity contribution < 1.29 is 9.90 Å². The minimum Gasteiger partial charge on any atom is -0.506 e. The van der Waals surface area contributed by atoms with E-state index in [1.807, 2.05) is 0 Å². The fourth-order valence-corrected chi connectivity index (χ4v) is 4.64. The molecule has 4 nitrogen and oxygen atoms in total. The van der Waals surface area contributed by atoms with E-state index in [2.05, 4.69) is 22.0 Å². The molecule has 2 aliphatic heterocycles. The van der Waals surface area contributed by atoms with Crippen molar-refractivity contribution in [2.24, 2.45) is 0 Å². The fraction of sp³-hybridized carbons (Fsp3) is 0.588. The number of hydrogen-bond acceptors (Lipinski definition) is 4. The van der Waals surface area contributed by atoms with Crippen molar-refractivity contribution >= 4 is 29.3 Å². The van der Waals surface area contributed by atoms with Gasteiger partial charge in [-0.1, -0.05) is 11.6 Å². The quantitative estimate of drug-likeness (QED) is 0.875. The fourth-order valence-electron chi connectivity index (χ4n) is 3.38. The number of aromatic hydroxyl groups is 1. The summed E-state index contributed by atoms with van der Waals surface area (Å²) >= 11 is 7.93. The first-order valence-corrected chi connectivity index (χ1v) is 9.78. The maximum Gasteiger partial charge on any atom is 0.251 e. The maximum absolute atomic E-state index is 12.3. The Balaban J connectivity index is 1.49. The van der Waals surface area contributed by atoms with E-state index < -0.39 is 0 Å². The van der Waals surface area contributed by atoms with Crippen molar-refractivity contribution in [3.8, 4) is 5.75 Å². The lowest BCUT2D eigenvalue weighted by atomic mass is 10.0. The molecule has 0 saturated carbocycles. The van der Waals surface area contributed by atoms with Gasteiger partial charge in [-0.15, -0.1) is 0 Å². The monoisotopic (exact) mass is 354 g/mol. The third-order valence-electron chi connectivity index (χ3n) is 4.78. The molecule has 126 valence electrons. The molecule has 1 aromatic rings. The first-order valence-electron chi connectivity index (χ1n) is 8.24. The Morgan fingerprint density at radius 3 is 2.57 bits per heavy atom. The van der Waals surface area contributed by atoms with E-state index in [9.17, 15) is 9.90 Å². The molecule has 23 heavy (non-hydrogen) atoms. The van der Waals surface area contributed by atoms with Crippen LogP contribution in [0.15, 0.2) is 18.2 Å². The smallest absolute Gasteiger partial charge is 0.251 e. The molecule has 2 fully saturated rings. The predicted octanol–water partition coefficient (Wildman–Crippen LogP) is 3.14. The highest BCUT2D eigenvalue weighted by Crippen LogP contribution is 2.25. The van der Waals surface area contributed by atoms with Gasteiger partial charge >= 0.3 is 0 Å². The number of carbonyl (C=O) groups is 1. The number of piperidine rings is 1. The lowest BCUT2D eigenvalue weighted by Crippen LogP contribution is -2.48. The van der Waals surface area contributed by atoms with Crippen LogP contribution in [0.1, 0.15) is 36.0 Å². The number of phenols is 1. The van der Waals surface area contributed by atoms with Gasteiger partial charge in [0, 0.05) is 30.7 Å². The van der Waals surface area contributed by atoms with E-state index in [1.54, 1.807) is 6.07 Å². The minimum absolute atomic E-state index is 0.00201. The van der Waals surface area contributed by atoms with Crippen LogP contribution < -0.4 is 5.32 Å². The molecule has 2 N–H and O–H groups in total. The zero-order chi connectivity index (χ0) is 16.2. The van der Waals surface area contributed by atoms with Gasteiger partial charge in [-0.05, 0) is 55.4 Å². The number of benzene rings is 1. The van der Waals surface area contributed by atoms with Crippen LogP contribution in [0.5, 0.6) is 5.75 Å². The SMILES string of the molecule is O=C(NC1CCN(C2CCSCC2)CC1)c1ccc(O)c(Cl)c1. The van der Waals surface area contributed by atoms with Gasteiger partial charge in [-0.3, -0.25) is 4.79 Å². The van der Waals surface area contributed by atoms with Crippen molar-refractivity contribution in [2.45, 2.75) is 37.8 Å². The van der Waals surface area contributed by atoms with Crippen LogP contribution in [0.4, 0.5) is 0 Å². The number of rotatable bonds is 3. The van der Waals surface area contributed by atoms with Crippen molar-refractivity contribution in [2.75, 3.05) is 24.6 Å². The van der Waals surface area contributed by atoms with Crippen LogP contribution in [-0.2, 0) is 0 Å². The zero-order valence-electron chi connectivity index (χ0n) is 13.1. The number of carbonyl (C=O) groups excluding carboxylic acids is 1. The highest BCUT2D eigenvalue weighted by molar-refractivity contribution is 7.99. The molecule has 0 spiro atoms. The van der Waals surface area contributed by atoms with Crippen molar-refractivity contribution in [3.63, 3.8) is 0 Å². The number of likely N-dealkylation sites (tertiary alicyclic amines) is 1. The van der Waals surface area contributed by atoms with E-state index in [0.29, 0.717) is 5.56 Å². The summed E-state index contributed by atoms with van der Waals surface area (Å²) in [7, 11) is 0. The van der Waals surface area contributed by atoms with Gasteiger partial charge in [0.25, 0.3) is 5.91 Å². The zero-order valence-corrected chi connectivity index (χ0v) is 14.7. The van der Waals surface area contributed by atoms with Gasteiger partial charge in [-0.2, -0.15) is 11.8 Å². The summed E-state index contributed by atoms with van der Waals surface area (Å²) in [6.45, 7) is 2.13. The summed E-state index contributed by atoms with van der Waals surface area (Å²) in [6, 6.07) is 5.54. The highest BCUT2D eigenvalue weighted by Gasteiger charge is 2.27. The molecular formula is C17H23ClN2O2S. The molecule has 0 radical (unpaired) electrons. The Morgan fingerprint density at radius 1 is 1.22 bits per heavy atom. The Hall–Kier alpha value is -0.910. The topological polar surface area (TPSA) is 52.6 Å². The average molecular weight is 355 g/mol. The lowest BCUT2D eigenvalue weighted by Gasteiger charge is -2.39. The third kappa shape index (κ3) is 4.34. The van der Waals surface area contributed by atoms with Gasteiger partial charge in [0.05, 0.1) is 5.02 Å². The molecule has 6 heteroatoms. The van der Waals surface area contributed by atoms with Crippen LogP contribution in [0, 0.1) is 0 Å². The highest BCUT2D eigenvalue weighted by atomic mass is 35.5. The molecule has 0 atom stereocenters. The van der Waals surface area contributed by atoms with E-state index in [0.717, 1.165) is 32.0 Å². The summed E-state index contributed by atoms with van der Waals surface area (Å²) in [5.74, 6) is 2.45. The van der Waals surface area contributed by atoms with Gasteiger partial charge in [0.2, 0.25) is 0 Å². The van der Waals surface area contributed by atoms with Crippen molar-refractivity contribution in [1.29, 1.82) is 0 Å². The first kappa shape index (κ1) is 16.9. The Kier molecular flexibility index (Phi) is 5.72. The van der Waals surface area contributed by atoms with E-state index >= 15 is 0 Å².